The van der Waals surface area contributed by atoms with Crippen molar-refractivity contribution in [1.29, 1.82) is 0 Å². The molecule has 0 heterocycles. The molecular weight excluding hydrogens is 443 g/mol. The van der Waals surface area contributed by atoms with Crippen molar-refractivity contribution in [1.82, 2.24) is 5.43 Å². The van der Waals surface area contributed by atoms with Gasteiger partial charge in [-0.15, -0.1) is 0 Å². The molecule has 0 unspecified atom stereocenters. The molecule has 0 aliphatic heterocycles. The van der Waals surface area contributed by atoms with Gasteiger partial charge in [0.15, 0.2) is 0 Å². The van der Waals surface area contributed by atoms with Crippen molar-refractivity contribution in [2.24, 2.45) is 5.10 Å². The fourth-order valence-corrected chi connectivity index (χ4v) is 3.35. The summed E-state index contributed by atoms with van der Waals surface area (Å²) in [7, 11) is 0. The summed E-state index contributed by atoms with van der Waals surface area (Å²) >= 11 is 17.8. The second kappa shape index (κ2) is 9.98. The van der Waals surface area contributed by atoms with Crippen LogP contribution in [0.2, 0.25) is 15.1 Å². The van der Waals surface area contributed by atoms with E-state index in [0.717, 1.165) is 28.0 Å². The van der Waals surface area contributed by atoms with Crippen molar-refractivity contribution in [2.45, 2.75) is 20.5 Å². The molecule has 0 aliphatic carbocycles. The number of carbonyl (C=O) groups is 1. The van der Waals surface area contributed by atoms with E-state index in [0.29, 0.717) is 27.2 Å². The second-order valence-electron chi connectivity index (χ2n) is 6.73. The molecule has 0 saturated heterocycles. The molecule has 0 fully saturated rings. The first-order valence-corrected chi connectivity index (χ1v) is 10.2. The minimum Gasteiger partial charge on any atom is -0.488 e. The van der Waals surface area contributed by atoms with Gasteiger partial charge in [0.05, 0.1) is 16.3 Å². The standard InChI is InChI=1S/C23H19Cl3N2O2/c1-14-9-17(12-27-28-23(29)18-4-6-19(24)7-5-18)10-15(2)22(14)30-13-16-3-8-20(25)21(26)11-16/h3-12H,13H2,1-2H3,(H,28,29)/b27-12-. The topological polar surface area (TPSA) is 50.7 Å². The van der Waals surface area contributed by atoms with Crippen LogP contribution in [-0.4, -0.2) is 12.1 Å². The maximum Gasteiger partial charge on any atom is 0.271 e. The third-order valence-corrected chi connectivity index (χ3v) is 5.33. The molecule has 0 aromatic heterocycles. The number of carbonyl (C=O) groups excluding carboxylic acids is 1. The van der Waals surface area contributed by atoms with Crippen molar-refractivity contribution < 1.29 is 9.53 Å². The normalized spacial score (nSPS) is 11.0. The van der Waals surface area contributed by atoms with Crippen molar-refractivity contribution in [2.75, 3.05) is 0 Å². The summed E-state index contributed by atoms with van der Waals surface area (Å²) in [6.45, 7) is 4.30. The molecule has 0 spiro atoms. The molecule has 1 N–H and O–H groups in total. The Morgan fingerprint density at radius 2 is 1.63 bits per heavy atom. The molecule has 1 amide bonds. The highest BCUT2D eigenvalue weighted by Crippen LogP contribution is 2.27. The van der Waals surface area contributed by atoms with Gasteiger partial charge in [0.25, 0.3) is 5.91 Å². The lowest BCUT2D eigenvalue weighted by Gasteiger charge is -2.13. The van der Waals surface area contributed by atoms with E-state index in [4.69, 9.17) is 39.5 Å². The summed E-state index contributed by atoms with van der Waals surface area (Å²) in [5, 5.41) is 5.62. The molecule has 0 saturated carbocycles. The van der Waals surface area contributed by atoms with Gasteiger partial charge in [-0.25, -0.2) is 5.43 Å². The van der Waals surface area contributed by atoms with Crippen molar-refractivity contribution in [3.63, 3.8) is 0 Å². The van der Waals surface area contributed by atoms with Gasteiger partial charge in [0.2, 0.25) is 0 Å². The van der Waals surface area contributed by atoms with Gasteiger partial charge in [-0.1, -0.05) is 40.9 Å². The van der Waals surface area contributed by atoms with Crippen LogP contribution in [0.25, 0.3) is 0 Å². The Bertz CT molecular complexity index is 1070. The van der Waals surface area contributed by atoms with Crippen LogP contribution in [0.15, 0.2) is 59.7 Å². The van der Waals surface area contributed by atoms with E-state index in [9.17, 15) is 4.79 Å². The Labute approximate surface area is 190 Å². The van der Waals surface area contributed by atoms with E-state index in [1.165, 1.54) is 0 Å². The van der Waals surface area contributed by atoms with Crippen LogP contribution >= 0.6 is 34.8 Å². The molecule has 0 aliphatic rings. The van der Waals surface area contributed by atoms with Gasteiger partial charge in [0, 0.05) is 10.6 Å². The maximum atomic E-state index is 12.1. The number of nitrogens with zero attached hydrogens (tertiary/aromatic N) is 1. The average Bonchev–Trinajstić information content (AvgIpc) is 2.70. The van der Waals surface area contributed by atoms with Crippen molar-refractivity contribution >= 4 is 46.9 Å². The molecule has 0 radical (unpaired) electrons. The van der Waals surface area contributed by atoms with E-state index < -0.39 is 0 Å². The molecular formula is C23H19Cl3N2O2. The number of hydrogen-bond acceptors (Lipinski definition) is 3. The third kappa shape index (κ3) is 5.76. The SMILES string of the molecule is Cc1cc(/C=N\NC(=O)c2ccc(Cl)cc2)cc(C)c1OCc1ccc(Cl)c(Cl)c1. The number of rotatable bonds is 6. The van der Waals surface area contributed by atoms with Crippen LogP contribution in [0, 0.1) is 13.8 Å². The van der Waals surface area contributed by atoms with E-state index in [1.54, 1.807) is 42.6 Å². The fraction of sp³-hybridized carbons (Fsp3) is 0.130. The third-order valence-electron chi connectivity index (χ3n) is 4.34. The summed E-state index contributed by atoms with van der Waals surface area (Å²) in [6.07, 6.45) is 1.59. The number of halogens is 3. The number of amides is 1. The Kier molecular flexibility index (Phi) is 7.38. The lowest BCUT2D eigenvalue weighted by Crippen LogP contribution is -2.17. The van der Waals surface area contributed by atoms with Crippen LogP contribution in [0.4, 0.5) is 0 Å². The zero-order valence-electron chi connectivity index (χ0n) is 16.4. The molecule has 0 bridgehead atoms. The molecule has 3 aromatic carbocycles. The van der Waals surface area contributed by atoms with Gasteiger partial charge in [0.1, 0.15) is 12.4 Å². The molecule has 154 valence electrons. The van der Waals surface area contributed by atoms with Crippen LogP contribution < -0.4 is 10.2 Å². The highest BCUT2D eigenvalue weighted by Gasteiger charge is 2.08. The zero-order valence-corrected chi connectivity index (χ0v) is 18.6. The summed E-state index contributed by atoms with van der Waals surface area (Å²) in [4.78, 5) is 12.1. The van der Waals surface area contributed by atoms with E-state index >= 15 is 0 Å². The minimum absolute atomic E-state index is 0.307. The number of nitrogens with one attached hydrogen (secondary N) is 1. The van der Waals surface area contributed by atoms with E-state index in [2.05, 4.69) is 10.5 Å². The first kappa shape index (κ1) is 22.2. The molecule has 4 nitrogen and oxygen atoms in total. The van der Waals surface area contributed by atoms with Crippen LogP contribution in [0.5, 0.6) is 5.75 Å². The van der Waals surface area contributed by atoms with Gasteiger partial charge in [-0.3, -0.25) is 4.79 Å². The Morgan fingerprint density at radius 1 is 0.967 bits per heavy atom. The lowest BCUT2D eigenvalue weighted by atomic mass is 10.1. The zero-order chi connectivity index (χ0) is 21.7. The Hall–Kier alpha value is -2.53. The van der Waals surface area contributed by atoms with Crippen molar-refractivity contribution in [3.05, 3.63) is 97.5 Å². The quantitative estimate of drug-likeness (QED) is 0.332. The molecule has 3 aromatic rings. The Morgan fingerprint density at radius 3 is 2.27 bits per heavy atom. The number of benzene rings is 3. The number of aryl methyl sites for hydroxylation is 2. The number of hydrogen-bond donors (Lipinski definition) is 1. The summed E-state index contributed by atoms with van der Waals surface area (Å²) in [5.74, 6) is 0.487. The van der Waals surface area contributed by atoms with Gasteiger partial charge >= 0.3 is 0 Å². The smallest absolute Gasteiger partial charge is 0.271 e. The summed E-state index contributed by atoms with van der Waals surface area (Å²) in [6, 6.07) is 15.9. The molecule has 3 rings (SSSR count). The monoisotopic (exact) mass is 460 g/mol. The maximum absolute atomic E-state index is 12.1. The van der Waals surface area contributed by atoms with Crippen LogP contribution in [0.1, 0.15) is 32.6 Å². The van der Waals surface area contributed by atoms with Crippen molar-refractivity contribution in [3.8, 4) is 5.75 Å². The molecule has 0 atom stereocenters. The van der Waals surface area contributed by atoms with E-state index in [-0.39, 0.29) is 5.91 Å². The predicted octanol–water partition coefficient (Wildman–Crippen LogP) is 6.61. The second-order valence-corrected chi connectivity index (χ2v) is 7.98. The van der Waals surface area contributed by atoms with E-state index in [1.807, 2.05) is 32.0 Å². The highest BCUT2D eigenvalue weighted by molar-refractivity contribution is 6.42. The molecule has 30 heavy (non-hydrogen) atoms. The first-order valence-electron chi connectivity index (χ1n) is 9.10. The highest BCUT2D eigenvalue weighted by atomic mass is 35.5. The van der Waals surface area contributed by atoms with Crippen LogP contribution in [0.3, 0.4) is 0 Å². The first-order chi connectivity index (χ1) is 14.3. The summed E-state index contributed by atoms with van der Waals surface area (Å²) < 4.78 is 5.99. The fourth-order valence-electron chi connectivity index (χ4n) is 2.90. The van der Waals surface area contributed by atoms with Gasteiger partial charge < -0.3 is 4.74 Å². The van der Waals surface area contributed by atoms with Gasteiger partial charge in [-0.05, 0) is 84.6 Å². The number of hydrazone groups is 1. The largest absolute Gasteiger partial charge is 0.488 e. The Balaban J connectivity index is 1.64. The number of ether oxygens (including phenoxy) is 1. The van der Waals surface area contributed by atoms with Crippen LogP contribution in [-0.2, 0) is 6.61 Å². The van der Waals surface area contributed by atoms with Gasteiger partial charge in [-0.2, -0.15) is 5.10 Å². The predicted molar refractivity (Wildman–Crippen MR) is 123 cm³/mol. The lowest BCUT2D eigenvalue weighted by molar-refractivity contribution is 0.0955. The minimum atomic E-state index is -0.307. The summed E-state index contributed by atoms with van der Waals surface area (Å²) in [5.41, 5.74) is 6.69. The molecule has 7 heteroatoms. The average molecular weight is 462 g/mol.